The number of benzene rings is 5. The van der Waals surface area contributed by atoms with E-state index in [0.29, 0.717) is 39.2 Å². The van der Waals surface area contributed by atoms with Crippen LogP contribution in [0.15, 0.2) is 139 Å². The van der Waals surface area contributed by atoms with Gasteiger partial charge in [0.25, 0.3) is 11.8 Å². The maximum absolute atomic E-state index is 15.4. The highest BCUT2D eigenvalue weighted by Crippen LogP contribution is 2.64. The predicted molar refractivity (Wildman–Crippen MR) is 206 cm³/mol. The van der Waals surface area contributed by atoms with Gasteiger partial charge in [0.15, 0.2) is 17.3 Å². The van der Waals surface area contributed by atoms with Gasteiger partial charge in [0.1, 0.15) is 0 Å². The quantitative estimate of drug-likeness (QED) is 0.102. The molecule has 9 rings (SSSR count). The number of halogens is 1. The highest BCUT2D eigenvalue weighted by molar-refractivity contribution is 6.23. The SMILES string of the molecule is Cc1ccc(NN2C(=O)C3CC4C(=CCC5C(=O)N(c6ccc(C(=O)c7ccccc7)cc6)C(=O)C54)C(c4ccc(O)c(F)c4)C3(c3ccccc3)C2=O)cc1. The first-order valence-corrected chi connectivity index (χ1v) is 18.6. The van der Waals surface area contributed by atoms with Crippen molar-refractivity contribution in [2.45, 2.75) is 31.1 Å². The minimum Gasteiger partial charge on any atom is -0.505 e. The lowest BCUT2D eigenvalue weighted by molar-refractivity contribution is -0.138. The van der Waals surface area contributed by atoms with E-state index in [0.717, 1.165) is 10.6 Å². The van der Waals surface area contributed by atoms with Crippen LogP contribution in [0.25, 0.3) is 0 Å². The number of allylic oxidation sites excluding steroid dienone is 2. The zero-order valence-corrected chi connectivity index (χ0v) is 30.3. The Morgan fingerprint density at radius 3 is 2.11 bits per heavy atom. The number of aryl methyl sites for hydroxylation is 1. The van der Waals surface area contributed by atoms with Gasteiger partial charge in [-0.2, -0.15) is 5.01 Å². The van der Waals surface area contributed by atoms with Gasteiger partial charge in [-0.1, -0.05) is 96.1 Å². The fourth-order valence-corrected chi connectivity index (χ4v) is 9.60. The third-order valence-corrected chi connectivity index (χ3v) is 12.1. The van der Waals surface area contributed by atoms with Gasteiger partial charge in [0.2, 0.25) is 11.8 Å². The number of hydrazine groups is 1. The molecule has 5 aromatic carbocycles. The number of ketones is 1. The summed E-state index contributed by atoms with van der Waals surface area (Å²) in [7, 11) is 0. The van der Waals surface area contributed by atoms with E-state index in [2.05, 4.69) is 5.43 Å². The van der Waals surface area contributed by atoms with Gasteiger partial charge in [-0.05, 0) is 85.3 Å². The molecule has 6 atom stereocenters. The van der Waals surface area contributed by atoms with Crippen LogP contribution in [0, 0.1) is 36.4 Å². The van der Waals surface area contributed by atoms with Crippen LogP contribution in [0.5, 0.6) is 5.75 Å². The number of carbonyl (C=O) groups is 5. The van der Waals surface area contributed by atoms with Crippen LogP contribution in [-0.4, -0.2) is 39.5 Å². The molecule has 2 saturated heterocycles. The Morgan fingerprint density at radius 1 is 0.768 bits per heavy atom. The number of nitrogens with zero attached hydrogens (tertiary/aromatic N) is 2. The van der Waals surface area contributed by atoms with Crippen molar-refractivity contribution in [2.75, 3.05) is 10.3 Å². The van der Waals surface area contributed by atoms with E-state index in [4.69, 9.17) is 0 Å². The van der Waals surface area contributed by atoms with E-state index in [1.54, 1.807) is 91.0 Å². The van der Waals surface area contributed by atoms with Crippen molar-refractivity contribution >= 4 is 40.8 Å². The van der Waals surface area contributed by atoms with Crippen LogP contribution >= 0.6 is 0 Å². The van der Waals surface area contributed by atoms with Gasteiger partial charge in [-0.15, -0.1) is 0 Å². The molecule has 1 saturated carbocycles. The number of carbonyl (C=O) groups excluding carboxylic acids is 5. The summed E-state index contributed by atoms with van der Waals surface area (Å²) in [5.41, 5.74) is 5.82. The summed E-state index contributed by atoms with van der Waals surface area (Å²) >= 11 is 0. The molecule has 4 amide bonds. The Labute approximate surface area is 322 Å². The summed E-state index contributed by atoms with van der Waals surface area (Å²) in [5.74, 6) is -7.72. The third-order valence-electron chi connectivity index (χ3n) is 12.1. The number of hydrogen-bond donors (Lipinski definition) is 2. The van der Waals surface area contributed by atoms with Crippen LogP contribution < -0.4 is 10.3 Å². The van der Waals surface area contributed by atoms with Gasteiger partial charge < -0.3 is 5.11 Å². The van der Waals surface area contributed by atoms with E-state index in [-0.39, 0.29) is 24.5 Å². The Morgan fingerprint density at radius 2 is 1.43 bits per heavy atom. The molecular weight excluding hydrogens is 710 g/mol. The highest BCUT2D eigenvalue weighted by Gasteiger charge is 2.70. The molecule has 0 spiro atoms. The largest absolute Gasteiger partial charge is 0.505 e. The number of rotatable bonds is 7. The number of phenols is 1. The lowest BCUT2D eigenvalue weighted by Gasteiger charge is -2.50. The predicted octanol–water partition coefficient (Wildman–Crippen LogP) is 7.26. The Balaban J connectivity index is 1.15. The van der Waals surface area contributed by atoms with Gasteiger partial charge in [0, 0.05) is 17.0 Å². The highest BCUT2D eigenvalue weighted by atomic mass is 19.1. The number of hydrogen-bond acceptors (Lipinski definition) is 7. The summed E-state index contributed by atoms with van der Waals surface area (Å²) < 4.78 is 15.4. The Bertz CT molecular complexity index is 2470. The minimum atomic E-state index is -1.57. The van der Waals surface area contributed by atoms with E-state index in [1.165, 1.54) is 17.0 Å². The number of amides is 4. The summed E-state index contributed by atoms with van der Waals surface area (Å²) in [6.07, 6.45) is 2.15. The van der Waals surface area contributed by atoms with Crippen LogP contribution in [0.4, 0.5) is 15.8 Å². The van der Waals surface area contributed by atoms with Crippen molar-refractivity contribution < 1.29 is 33.5 Å². The number of phenolic OH excluding ortho intramolecular Hbond substituents is 1. The molecular formula is C46H36FN3O6. The smallest absolute Gasteiger partial charge is 0.260 e. The van der Waals surface area contributed by atoms with Crippen molar-refractivity contribution in [2.24, 2.45) is 23.7 Å². The number of imide groups is 2. The van der Waals surface area contributed by atoms with Crippen molar-refractivity contribution in [3.05, 3.63) is 173 Å². The average molecular weight is 746 g/mol. The molecule has 56 heavy (non-hydrogen) atoms. The number of fused-ring (bicyclic) bond motifs is 4. The molecule has 2 aliphatic carbocycles. The van der Waals surface area contributed by atoms with Crippen molar-refractivity contribution in [3.63, 3.8) is 0 Å². The molecule has 4 aliphatic rings. The molecule has 10 heteroatoms. The molecule has 6 unspecified atom stereocenters. The Hall–Kier alpha value is -6.68. The fraction of sp³-hybridized carbons (Fsp3) is 0.196. The monoisotopic (exact) mass is 745 g/mol. The van der Waals surface area contributed by atoms with E-state index in [1.807, 2.05) is 37.3 Å². The van der Waals surface area contributed by atoms with Gasteiger partial charge in [-0.3, -0.25) is 34.3 Å². The summed E-state index contributed by atoms with van der Waals surface area (Å²) in [6.45, 7) is 1.93. The van der Waals surface area contributed by atoms with E-state index in [9.17, 15) is 24.3 Å². The number of anilines is 2. The lowest BCUT2D eigenvalue weighted by Crippen LogP contribution is -2.53. The first kappa shape index (κ1) is 35.0. The molecule has 2 N–H and O–H groups in total. The normalized spacial score (nSPS) is 25.4. The van der Waals surface area contributed by atoms with Crippen molar-refractivity contribution in [1.29, 1.82) is 0 Å². The zero-order chi connectivity index (χ0) is 38.9. The molecule has 2 heterocycles. The number of aromatic hydroxyl groups is 1. The average Bonchev–Trinajstić information content (AvgIpc) is 3.60. The maximum Gasteiger partial charge on any atom is 0.260 e. The Kier molecular flexibility index (Phi) is 8.30. The minimum absolute atomic E-state index is 0.0764. The topological polar surface area (TPSA) is 124 Å². The molecule has 278 valence electrons. The molecule has 0 bridgehead atoms. The first-order valence-electron chi connectivity index (χ1n) is 18.6. The number of nitrogens with one attached hydrogen (secondary N) is 1. The maximum atomic E-state index is 15.4. The van der Waals surface area contributed by atoms with Crippen molar-refractivity contribution in [3.8, 4) is 5.75 Å². The van der Waals surface area contributed by atoms with Crippen LogP contribution in [0.2, 0.25) is 0 Å². The molecule has 2 aliphatic heterocycles. The second-order valence-electron chi connectivity index (χ2n) is 15.1. The van der Waals surface area contributed by atoms with Crippen molar-refractivity contribution in [1.82, 2.24) is 5.01 Å². The zero-order valence-electron chi connectivity index (χ0n) is 30.3. The molecule has 5 aromatic rings. The molecule has 9 nitrogen and oxygen atoms in total. The van der Waals surface area contributed by atoms with Gasteiger partial charge >= 0.3 is 0 Å². The standard InChI is InChI=1S/C46H36FN3O6/c1-26-12-17-31(18-13-26)48-50-43(54)36-25-35-33(40(29-16-23-38(51)37(47)24-29)46(36,45(50)56)30-10-6-3-7-11-30)21-22-34-39(35)44(55)49(42(34)53)32-19-14-28(15-20-32)41(52)27-8-4-2-5-9-27/h2-21,23-24,34-36,39-40,48,51H,22,25H2,1H3. The van der Waals surface area contributed by atoms with E-state index >= 15 is 9.18 Å². The first-order chi connectivity index (χ1) is 27.1. The van der Waals surface area contributed by atoms with Gasteiger partial charge in [-0.25, -0.2) is 4.39 Å². The third kappa shape index (κ3) is 5.23. The van der Waals surface area contributed by atoms with Crippen LogP contribution in [-0.2, 0) is 24.6 Å². The van der Waals surface area contributed by atoms with Gasteiger partial charge in [0.05, 0.1) is 34.5 Å². The molecule has 0 radical (unpaired) electrons. The fourth-order valence-electron chi connectivity index (χ4n) is 9.60. The summed E-state index contributed by atoms with van der Waals surface area (Å²) in [6, 6.07) is 35.4. The summed E-state index contributed by atoms with van der Waals surface area (Å²) in [4.78, 5) is 73.2. The van der Waals surface area contributed by atoms with Crippen LogP contribution in [0.3, 0.4) is 0 Å². The second kappa shape index (κ2) is 13.3. The van der Waals surface area contributed by atoms with Crippen LogP contribution in [0.1, 0.15) is 51.4 Å². The molecule has 0 aromatic heterocycles. The lowest BCUT2D eigenvalue weighted by atomic mass is 9.49. The second-order valence-corrected chi connectivity index (χ2v) is 15.1. The molecule has 3 fully saturated rings. The summed E-state index contributed by atoms with van der Waals surface area (Å²) in [5, 5.41) is 11.3. The van der Waals surface area contributed by atoms with E-state index < -0.39 is 64.3 Å².